The summed E-state index contributed by atoms with van der Waals surface area (Å²) in [6, 6.07) is 12.6. The molecular formula is C20H24N2O3. The second-order valence-electron chi connectivity index (χ2n) is 5.74. The third-order valence-electron chi connectivity index (χ3n) is 3.98. The molecule has 2 aromatic rings. The first kappa shape index (κ1) is 18.7. The Balaban J connectivity index is 2.07. The fraction of sp³-hybridized carbons (Fsp3) is 0.300. The number of methoxy groups -OCH3 is 1. The van der Waals surface area contributed by atoms with Gasteiger partial charge in [-0.15, -0.1) is 0 Å². The maximum atomic E-state index is 12.5. The van der Waals surface area contributed by atoms with Gasteiger partial charge >= 0.3 is 0 Å². The number of rotatable bonds is 7. The van der Waals surface area contributed by atoms with E-state index in [4.69, 9.17) is 4.74 Å². The molecule has 25 heavy (non-hydrogen) atoms. The number of hydrogen-bond acceptors (Lipinski definition) is 3. The van der Waals surface area contributed by atoms with Crippen LogP contribution < -0.4 is 10.6 Å². The van der Waals surface area contributed by atoms with E-state index in [0.717, 1.165) is 23.2 Å². The van der Waals surface area contributed by atoms with Crippen LogP contribution in [-0.2, 0) is 11.2 Å². The van der Waals surface area contributed by atoms with Gasteiger partial charge in [0.05, 0.1) is 6.61 Å². The summed E-state index contributed by atoms with van der Waals surface area (Å²) in [7, 11) is 1.58. The van der Waals surface area contributed by atoms with E-state index in [1.54, 1.807) is 31.4 Å². The smallest absolute Gasteiger partial charge is 0.255 e. The summed E-state index contributed by atoms with van der Waals surface area (Å²) in [5, 5.41) is 5.73. The molecule has 0 radical (unpaired) electrons. The Bertz CT molecular complexity index is 739. The molecule has 5 nitrogen and oxygen atoms in total. The molecule has 2 amide bonds. The van der Waals surface area contributed by atoms with E-state index in [1.807, 2.05) is 25.1 Å². The van der Waals surface area contributed by atoms with Gasteiger partial charge in [0.1, 0.15) is 0 Å². The Morgan fingerprint density at radius 2 is 1.64 bits per heavy atom. The van der Waals surface area contributed by atoms with Crippen LogP contribution in [0, 0.1) is 6.92 Å². The summed E-state index contributed by atoms with van der Waals surface area (Å²) >= 11 is 0. The summed E-state index contributed by atoms with van der Waals surface area (Å²) in [5.74, 6) is -0.369. The minimum absolute atomic E-state index is 0.184. The van der Waals surface area contributed by atoms with Gasteiger partial charge in [0.25, 0.3) is 11.8 Å². The second kappa shape index (κ2) is 8.99. The van der Waals surface area contributed by atoms with E-state index in [2.05, 4.69) is 17.6 Å². The lowest BCUT2D eigenvalue weighted by molar-refractivity contribution is 0.0935. The molecule has 2 rings (SSSR count). The van der Waals surface area contributed by atoms with Gasteiger partial charge in [-0.05, 0) is 48.7 Å². The molecule has 132 valence electrons. The van der Waals surface area contributed by atoms with Gasteiger partial charge in [0, 0.05) is 30.5 Å². The van der Waals surface area contributed by atoms with E-state index < -0.39 is 0 Å². The van der Waals surface area contributed by atoms with Crippen molar-refractivity contribution in [1.29, 1.82) is 0 Å². The predicted octanol–water partition coefficient (Wildman–Crippen LogP) is 3.19. The van der Waals surface area contributed by atoms with Crippen LogP contribution in [0.5, 0.6) is 0 Å². The number of benzene rings is 2. The molecule has 0 saturated heterocycles. The quantitative estimate of drug-likeness (QED) is 0.761. The normalized spacial score (nSPS) is 10.4. The molecule has 0 aliphatic heterocycles. The minimum atomic E-state index is -0.185. The van der Waals surface area contributed by atoms with E-state index in [-0.39, 0.29) is 11.8 Å². The molecule has 0 saturated carbocycles. The van der Waals surface area contributed by atoms with Crippen molar-refractivity contribution in [3.8, 4) is 0 Å². The molecule has 0 bridgehead atoms. The topological polar surface area (TPSA) is 67.4 Å². The standard InChI is InChI=1S/C20H24N2O3/c1-4-15-7-5-6-14(2)18(15)22-20(24)17-10-8-16(9-11-17)19(23)21-12-13-25-3/h5-11H,4,12-13H2,1-3H3,(H,21,23)(H,22,24). The summed E-state index contributed by atoms with van der Waals surface area (Å²) < 4.78 is 4.90. The third kappa shape index (κ3) is 4.90. The van der Waals surface area contributed by atoms with Crippen LogP contribution in [0.25, 0.3) is 0 Å². The number of anilines is 1. The molecule has 0 heterocycles. The van der Waals surface area contributed by atoms with Crippen molar-refractivity contribution in [3.63, 3.8) is 0 Å². The van der Waals surface area contributed by atoms with Gasteiger partial charge in [-0.2, -0.15) is 0 Å². The molecule has 2 aromatic carbocycles. The monoisotopic (exact) mass is 340 g/mol. The zero-order valence-electron chi connectivity index (χ0n) is 14.9. The van der Waals surface area contributed by atoms with Gasteiger partial charge in [0.2, 0.25) is 0 Å². The average Bonchev–Trinajstić information content (AvgIpc) is 2.63. The highest BCUT2D eigenvalue weighted by Gasteiger charge is 2.12. The maximum Gasteiger partial charge on any atom is 0.255 e. The van der Waals surface area contributed by atoms with Crippen LogP contribution in [0.3, 0.4) is 0 Å². The summed E-state index contributed by atoms with van der Waals surface area (Å²) in [4.78, 5) is 24.5. The first-order valence-electron chi connectivity index (χ1n) is 8.33. The maximum absolute atomic E-state index is 12.5. The highest BCUT2D eigenvalue weighted by atomic mass is 16.5. The Hall–Kier alpha value is -2.66. The Labute approximate surface area is 148 Å². The molecule has 0 unspecified atom stereocenters. The summed E-state index contributed by atoms with van der Waals surface area (Å²) in [6.07, 6.45) is 0.845. The van der Waals surface area contributed by atoms with Crippen molar-refractivity contribution in [1.82, 2.24) is 5.32 Å². The highest BCUT2D eigenvalue weighted by molar-refractivity contribution is 6.05. The number of aryl methyl sites for hydroxylation is 2. The van der Waals surface area contributed by atoms with Crippen molar-refractivity contribution in [2.45, 2.75) is 20.3 Å². The number of amides is 2. The number of para-hydroxylation sites is 1. The van der Waals surface area contributed by atoms with Gasteiger partial charge in [0.15, 0.2) is 0 Å². The van der Waals surface area contributed by atoms with E-state index in [9.17, 15) is 9.59 Å². The molecule has 0 aliphatic rings. The molecule has 0 aromatic heterocycles. The fourth-order valence-corrected chi connectivity index (χ4v) is 2.53. The SMILES string of the molecule is CCc1cccc(C)c1NC(=O)c1ccc(C(=O)NCCOC)cc1. The zero-order chi connectivity index (χ0) is 18.2. The van der Waals surface area contributed by atoms with E-state index in [1.165, 1.54) is 0 Å². The number of hydrogen-bond donors (Lipinski definition) is 2. The van der Waals surface area contributed by atoms with Crippen LogP contribution in [0.15, 0.2) is 42.5 Å². The summed E-state index contributed by atoms with van der Waals surface area (Å²) in [5.41, 5.74) is 4.01. The van der Waals surface area contributed by atoms with Crippen LogP contribution in [-0.4, -0.2) is 32.1 Å². The van der Waals surface area contributed by atoms with Crippen molar-refractivity contribution >= 4 is 17.5 Å². The molecule has 0 spiro atoms. The zero-order valence-corrected chi connectivity index (χ0v) is 14.9. The second-order valence-corrected chi connectivity index (χ2v) is 5.74. The molecule has 5 heteroatoms. The Morgan fingerprint density at radius 1 is 1.00 bits per heavy atom. The van der Waals surface area contributed by atoms with Gasteiger partial charge in [-0.25, -0.2) is 0 Å². The third-order valence-corrected chi connectivity index (χ3v) is 3.98. The highest BCUT2D eigenvalue weighted by Crippen LogP contribution is 2.22. The molecule has 0 fully saturated rings. The molecule has 0 atom stereocenters. The lowest BCUT2D eigenvalue weighted by Gasteiger charge is -2.13. The molecule has 2 N–H and O–H groups in total. The van der Waals surface area contributed by atoms with Crippen LogP contribution >= 0.6 is 0 Å². The largest absolute Gasteiger partial charge is 0.383 e. The van der Waals surface area contributed by atoms with Crippen molar-refractivity contribution in [3.05, 3.63) is 64.7 Å². The molecular weight excluding hydrogens is 316 g/mol. The number of nitrogens with one attached hydrogen (secondary N) is 2. The first-order chi connectivity index (χ1) is 12.1. The molecule has 0 aliphatic carbocycles. The Kier molecular flexibility index (Phi) is 6.71. The summed E-state index contributed by atoms with van der Waals surface area (Å²) in [6.45, 7) is 4.94. The Morgan fingerprint density at radius 3 is 2.24 bits per heavy atom. The van der Waals surface area contributed by atoms with Crippen molar-refractivity contribution < 1.29 is 14.3 Å². The first-order valence-corrected chi connectivity index (χ1v) is 8.33. The number of carbonyl (C=O) groups excluding carboxylic acids is 2. The van der Waals surface area contributed by atoms with Crippen LogP contribution in [0.2, 0.25) is 0 Å². The minimum Gasteiger partial charge on any atom is -0.383 e. The van der Waals surface area contributed by atoms with Gasteiger partial charge in [-0.1, -0.05) is 25.1 Å². The van der Waals surface area contributed by atoms with Crippen molar-refractivity contribution in [2.75, 3.05) is 25.6 Å². The van der Waals surface area contributed by atoms with Crippen LogP contribution in [0.4, 0.5) is 5.69 Å². The van der Waals surface area contributed by atoms with E-state index >= 15 is 0 Å². The number of ether oxygens (including phenoxy) is 1. The average molecular weight is 340 g/mol. The number of carbonyl (C=O) groups is 2. The lowest BCUT2D eigenvalue weighted by Crippen LogP contribution is -2.27. The van der Waals surface area contributed by atoms with Gasteiger partial charge in [-0.3, -0.25) is 9.59 Å². The fourth-order valence-electron chi connectivity index (χ4n) is 2.53. The van der Waals surface area contributed by atoms with Crippen LogP contribution in [0.1, 0.15) is 38.8 Å². The van der Waals surface area contributed by atoms with E-state index in [0.29, 0.717) is 24.3 Å². The predicted molar refractivity (Wildman–Crippen MR) is 99.2 cm³/mol. The lowest BCUT2D eigenvalue weighted by atomic mass is 10.0. The van der Waals surface area contributed by atoms with Gasteiger partial charge < -0.3 is 15.4 Å². The van der Waals surface area contributed by atoms with Crippen molar-refractivity contribution in [2.24, 2.45) is 0 Å².